The second-order valence-corrected chi connectivity index (χ2v) is 3.71. The Labute approximate surface area is 74.9 Å². The van der Waals surface area contributed by atoms with Gasteiger partial charge in [-0.05, 0) is 17.9 Å². The zero-order chi connectivity index (χ0) is 8.27. The second-order valence-electron chi connectivity index (χ2n) is 2.19. The molecule has 1 atom stereocenters. The molecule has 0 aliphatic carbocycles. The van der Waals surface area contributed by atoms with Crippen molar-refractivity contribution in [2.45, 2.75) is 12.5 Å². The highest BCUT2D eigenvalue weighted by atomic mass is 35.5. The Morgan fingerprint density at radius 3 is 3.00 bits per heavy atom. The van der Waals surface area contributed by atoms with E-state index >= 15 is 0 Å². The first kappa shape index (κ1) is 8.78. The molecule has 1 nitrogen and oxygen atoms in total. The predicted octanol–water partition coefficient (Wildman–Crippen LogP) is 3.01. The molecule has 0 aliphatic heterocycles. The summed E-state index contributed by atoms with van der Waals surface area (Å²) < 4.78 is 0.666. The smallest absolute Gasteiger partial charge is 0.0986 e. The molecule has 0 saturated carbocycles. The number of halogens is 1. The van der Waals surface area contributed by atoms with Gasteiger partial charge in [0.15, 0.2) is 0 Å². The van der Waals surface area contributed by atoms with Gasteiger partial charge in [0.05, 0.1) is 10.4 Å². The number of aliphatic hydroxyl groups excluding tert-OH is 1. The van der Waals surface area contributed by atoms with Crippen molar-refractivity contribution >= 4 is 22.9 Å². The average molecular weight is 189 g/mol. The van der Waals surface area contributed by atoms with Gasteiger partial charge in [0.25, 0.3) is 0 Å². The molecule has 1 heterocycles. The van der Waals surface area contributed by atoms with E-state index in [1.54, 1.807) is 6.08 Å². The molecule has 0 aliphatic rings. The van der Waals surface area contributed by atoms with E-state index in [0.29, 0.717) is 10.8 Å². The molecule has 0 amide bonds. The van der Waals surface area contributed by atoms with Crippen molar-refractivity contribution in [3.63, 3.8) is 0 Å². The van der Waals surface area contributed by atoms with Crippen molar-refractivity contribution in [3.05, 3.63) is 34.0 Å². The number of hydrogen-bond acceptors (Lipinski definition) is 2. The summed E-state index contributed by atoms with van der Waals surface area (Å²) in [5.41, 5.74) is 0.802. The second kappa shape index (κ2) is 3.90. The van der Waals surface area contributed by atoms with Crippen LogP contribution in [0.2, 0.25) is 4.34 Å². The molecule has 0 aromatic carbocycles. The summed E-state index contributed by atoms with van der Waals surface area (Å²) in [6.07, 6.45) is 1.74. The van der Waals surface area contributed by atoms with E-state index in [1.165, 1.54) is 11.3 Å². The van der Waals surface area contributed by atoms with Crippen LogP contribution in [0.15, 0.2) is 24.1 Å². The van der Waals surface area contributed by atoms with Crippen molar-refractivity contribution in [2.75, 3.05) is 0 Å². The normalized spacial score (nSPS) is 12.9. The maximum atomic E-state index is 9.44. The lowest BCUT2D eigenvalue weighted by Gasteiger charge is -2.04. The lowest BCUT2D eigenvalue weighted by atomic mass is 10.1. The van der Waals surface area contributed by atoms with Crippen LogP contribution in [0.1, 0.15) is 18.1 Å². The molecule has 11 heavy (non-hydrogen) atoms. The van der Waals surface area contributed by atoms with E-state index in [2.05, 4.69) is 6.58 Å². The van der Waals surface area contributed by atoms with Crippen LogP contribution in [-0.4, -0.2) is 5.11 Å². The first-order valence-electron chi connectivity index (χ1n) is 3.27. The molecule has 60 valence electrons. The highest BCUT2D eigenvalue weighted by Crippen LogP contribution is 2.29. The zero-order valence-corrected chi connectivity index (χ0v) is 7.53. The molecule has 0 saturated heterocycles. The van der Waals surface area contributed by atoms with Gasteiger partial charge in [0.1, 0.15) is 0 Å². The fraction of sp³-hybridized carbons (Fsp3) is 0.250. The van der Waals surface area contributed by atoms with Gasteiger partial charge in [0.2, 0.25) is 0 Å². The summed E-state index contributed by atoms with van der Waals surface area (Å²) in [5.74, 6) is 0. The highest BCUT2D eigenvalue weighted by Gasteiger charge is 2.09. The topological polar surface area (TPSA) is 20.2 Å². The third-order valence-electron chi connectivity index (χ3n) is 1.39. The van der Waals surface area contributed by atoms with Crippen LogP contribution in [0.5, 0.6) is 0 Å². The Bertz CT molecular complexity index is 244. The minimum Gasteiger partial charge on any atom is -0.388 e. The first-order chi connectivity index (χ1) is 5.25. The molecule has 0 radical (unpaired) electrons. The van der Waals surface area contributed by atoms with Crippen LogP contribution in [0.25, 0.3) is 0 Å². The lowest BCUT2D eigenvalue weighted by molar-refractivity contribution is 0.182. The maximum Gasteiger partial charge on any atom is 0.0986 e. The molecule has 0 fully saturated rings. The molecular formula is C8H9ClOS. The van der Waals surface area contributed by atoms with E-state index in [0.717, 1.165) is 5.56 Å². The van der Waals surface area contributed by atoms with Crippen LogP contribution in [0.4, 0.5) is 0 Å². The molecule has 1 unspecified atom stereocenters. The number of hydrogen-bond donors (Lipinski definition) is 1. The number of aliphatic hydroxyl groups is 1. The summed E-state index contributed by atoms with van der Waals surface area (Å²) in [5, 5.41) is 11.3. The van der Waals surface area contributed by atoms with Crippen LogP contribution in [-0.2, 0) is 0 Å². The maximum absolute atomic E-state index is 9.44. The summed E-state index contributed by atoms with van der Waals surface area (Å²) in [6.45, 7) is 3.54. The van der Waals surface area contributed by atoms with Crippen molar-refractivity contribution in [1.29, 1.82) is 0 Å². The Morgan fingerprint density at radius 2 is 2.55 bits per heavy atom. The van der Waals surface area contributed by atoms with Gasteiger partial charge in [-0.15, -0.1) is 17.9 Å². The van der Waals surface area contributed by atoms with Crippen LogP contribution >= 0.6 is 22.9 Å². The van der Waals surface area contributed by atoms with Gasteiger partial charge in [-0.25, -0.2) is 0 Å². The number of rotatable bonds is 3. The quantitative estimate of drug-likeness (QED) is 0.724. The molecule has 3 heteroatoms. The monoisotopic (exact) mass is 188 g/mol. The Balaban J connectivity index is 2.74. The minimum atomic E-state index is -0.494. The third kappa shape index (κ3) is 2.06. The van der Waals surface area contributed by atoms with E-state index in [1.807, 2.05) is 11.4 Å². The third-order valence-corrected chi connectivity index (χ3v) is 2.60. The summed E-state index contributed by atoms with van der Waals surface area (Å²) in [6, 6.07) is 1.83. The average Bonchev–Trinajstić information content (AvgIpc) is 2.36. The Hall–Kier alpha value is -0.310. The molecule has 0 spiro atoms. The fourth-order valence-electron chi connectivity index (χ4n) is 0.828. The van der Waals surface area contributed by atoms with E-state index in [9.17, 15) is 5.11 Å². The fourth-order valence-corrected chi connectivity index (χ4v) is 1.85. The zero-order valence-electron chi connectivity index (χ0n) is 5.96. The summed E-state index contributed by atoms with van der Waals surface area (Å²) >= 11 is 7.22. The van der Waals surface area contributed by atoms with E-state index in [-0.39, 0.29) is 0 Å². The molecule has 1 N–H and O–H groups in total. The van der Waals surface area contributed by atoms with Crippen molar-refractivity contribution in [1.82, 2.24) is 0 Å². The standard InChI is InChI=1S/C8H9ClOS/c1-2-3-7(10)6-4-5-11-8(6)9/h2,4-5,7,10H,1,3H2. The molecule has 1 aromatic rings. The summed E-state index contributed by atoms with van der Waals surface area (Å²) in [7, 11) is 0. The largest absolute Gasteiger partial charge is 0.388 e. The SMILES string of the molecule is C=CCC(O)c1ccsc1Cl. The van der Waals surface area contributed by atoms with Gasteiger partial charge in [-0.2, -0.15) is 0 Å². The van der Waals surface area contributed by atoms with E-state index < -0.39 is 6.10 Å². The molecule has 1 rings (SSSR count). The van der Waals surface area contributed by atoms with Crippen LogP contribution < -0.4 is 0 Å². The molecular weight excluding hydrogens is 180 g/mol. The van der Waals surface area contributed by atoms with Crippen molar-refractivity contribution in [2.24, 2.45) is 0 Å². The van der Waals surface area contributed by atoms with Gasteiger partial charge >= 0.3 is 0 Å². The van der Waals surface area contributed by atoms with E-state index in [4.69, 9.17) is 11.6 Å². The first-order valence-corrected chi connectivity index (χ1v) is 4.53. The Morgan fingerprint density at radius 1 is 1.82 bits per heavy atom. The van der Waals surface area contributed by atoms with Gasteiger partial charge < -0.3 is 5.11 Å². The molecule has 0 bridgehead atoms. The van der Waals surface area contributed by atoms with Gasteiger partial charge in [-0.1, -0.05) is 17.7 Å². The lowest BCUT2D eigenvalue weighted by Crippen LogP contribution is -1.92. The van der Waals surface area contributed by atoms with Crippen LogP contribution in [0.3, 0.4) is 0 Å². The Kier molecular flexibility index (Phi) is 3.12. The van der Waals surface area contributed by atoms with Crippen molar-refractivity contribution < 1.29 is 5.11 Å². The van der Waals surface area contributed by atoms with Gasteiger partial charge in [0, 0.05) is 5.56 Å². The van der Waals surface area contributed by atoms with Crippen molar-refractivity contribution in [3.8, 4) is 0 Å². The van der Waals surface area contributed by atoms with Gasteiger partial charge in [-0.3, -0.25) is 0 Å². The minimum absolute atomic E-state index is 0.494. The highest BCUT2D eigenvalue weighted by molar-refractivity contribution is 7.14. The number of thiophene rings is 1. The summed E-state index contributed by atoms with van der Waals surface area (Å²) in [4.78, 5) is 0. The predicted molar refractivity (Wildman–Crippen MR) is 49.1 cm³/mol. The van der Waals surface area contributed by atoms with Crippen LogP contribution in [0, 0.1) is 0 Å². The molecule has 1 aromatic heterocycles.